The van der Waals surface area contributed by atoms with E-state index < -0.39 is 0 Å². The van der Waals surface area contributed by atoms with Crippen molar-refractivity contribution in [3.05, 3.63) is 76.9 Å². The highest BCUT2D eigenvalue weighted by molar-refractivity contribution is 5.60. The van der Waals surface area contributed by atoms with Crippen LogP contribution in [0.5, 0.6) is 11.5 Å². The second kappa shape index (κ2) is 8.60. The molecule has 0 N–H and O–H groups in total. The average molecular weight is 404 g/mol. The van der Waals surface area contributed by atoms with Crippen LogP contribution < -0.4 is 15.0 Å². The van der Waals surface area contributed by atoms with Crippen molar-refractivity contribution in [2.45, 2.75) is 13.5 Å². The second-order valence-electron chi connectivity index (χ2n) is 6.42. The molecule has 2 aromatic heterocycles. The molecule has 2 heterocycles. The maximum absolute atomic E-state index is 12.3. The van der Waals surface area contributed by atoms with Crippen LogP contribution in [0.1, 0.15) is 12.8 Å². The van der Waals surface area contributed by atoms with Gasteiger partial charge in [0.15, 0.2) is 0 Å². The van der Waals surface area contributed by atoms with Crippen molar-refractivity contribution < 1.29 is 14.0 Å². The molecular weight excluding hydrogens is 384 g/mol. The Hall–Kier alpha value is -3.94. The van der Waals surface area contributed by atoms with Crippen LogP contribution >= 0.6 is 0 Å². The Bertz CT molecular complexity index is 1220. The van der Waals surface area contributed by atoms with E-state index in [1.165, 1.54) is 10.7 Å². The molecule has 152 valence electrons. The first kappa shape index (κ1) is 19.4. The van der Waals surface area contributed by atoms with E-state index in [-0.39, 0.29) is 18.0 Å². The molecule has 30 heavy (non-hydrogen) atoms. The first-order valence-electron chi connectivity index (χ1n) is 9.44. The summed E-state index contributed by atoms with van der Waals surface area (Å²) in [5, 5.41) is 8.45. The smallest absolute Gasteiger partial charge is 0.267 e. The van der Waals surface area contributed by atoms with E-state index in [2.05, 4.69) is 15.2 Å². The SMILES string of the molecule is CCOc1cccc(-c2noc(Cn3nc(-c4cccc(OC)c4)ccc3=O)n2)c1. The van der Waals surface area contributed by atoms with E-state index in [0.717, 1.165) is 16.9 Å². The van der Waals surface area contributed by atoms with Gasteiger partial charge in [0.2, 0.25) is 11.7 Å². The van der Waals surface area contributed by atoms with Crippen LogP contribution in [0.3, 0.4) is 0 Å². The van der Waals surface area contributed by atoms with Crippen LogP contribution in [0, 0.1) is 0 Å². The molecule has 0 radical (unpaired) electrons. The molecule has 4 rings (SSSR count). The highest BCUT2D eigenvalue weighted by Crippen LogP contribution is 2.23. The van der Waals surface area contributed by atoms with Crippen molar-refractivity contribution in [1.82, 2.24) is 19.9 Å². The summed E-state index contributed by atoms with van der Waals surface area (Å²) < 4.78 is 17.4. The highest BCUT2D eigenvalue weighted by Gasteiger charge is 2.12. The van der Waals surface area contributed by atoms with Crippen molar-refractivity contribution in [2.24, 2.45) is 0 Å². The van der Waals surface area contributed by atoms with E-state index >= 15 is 0 Å². The molecule has 0 fully saturated rings. The molecule has 0 unspecified atom stereocenters. The summed E-state index contributed by atoms with van der Waals surface area (Å²) in [5.74, 6) is 2.14. The van der Waals surface area contributed by atoms with Gasteiger partial charge in [0.1, 0.15) is 18.0 Å². The van der Waals surface area contributed by atoms with Crippen LogP contribution in [-0.4, -0.2) is 33.6 Å². The highest BCUT2D eigenvalue weighted by atomic mass is 16.5. The maximum atomic E-state index is 12.3. The van der Waals surface area contributed by atoms with Crippen molar-refractivity contribution >= 4 is 0 Å². The molecule has 0 bridgehead atoms. The Labute approximate surface area is 172 Å². The lowest BCUT2D eigenvalue weighted by Gasteiger charge is -2.06. The van der Waals surface area contributed by atoms with E-state index in [0.29, 0.717) is 23.9 Å². The normalized spacial score (nSPS) is 10.7. The van der Waals surface area contributed by atoms with Crippen LogP contribution in [0.4, 0.5) is 0 Å². The lowest BCUT2D eigenvalue weighted by atomic mass is 10.1. The van der Waals surface area contributed by atoms with Gasteiger partial charge in [-0.1, -0.05) is 29.4 Å². The summed E-state index contributed by atoms with van der Waals surface area (Å²) in [5.41, 5.74) is 1.97. The first-order valence-corrected chi connectivity index (χ1v) is 9.44. The second-order valence-corrected chi connectivity index (χ2v) is 6.42. The molecule has 0 aliphatic carbocycles. The molecule has 0 aliphatic rings. The summed E-state index contributed by atoms with van der Waals surface area (Å²) >= 11 is 0. The van der Waals surface area contributed by atoms with E-state index in [9.17, 15) is 4.79 Å². The van der Waals surface area contributed by atoms with E-state index in [4.69, 9.17) is 14.0 Å². The van der Waals surface area contributed by atoms with Crippen molar-refractivity contribution in [2.75, 3.05) is 13.7 Å². The van der Waals surface area contributed by atoms with Gasteiger partial charge in [-0.3, -0.25) is 4.79 Å². The van der Waals surface area contributed by atoms with Crippen LogP contribution in [0.2, 0.25) is 0 Å². The zero-order valence-electron chi connectivity index (χ0n) is 16.6. The fraction of sp³-hybridized carbons (Fsp3) is 0.182. The van der Waals surface area contributed by atoms with Gasteiger partial charge in [-0.2, -0.15) is 10.1 Å². The van der Waals surface area contributed by atoms with Gasteiger partial charge in [0.05, 0.1) is 19.4 Å². The van der Waals surface area contributed by atoms with Crippen molar-refractivity contribution in [1.29, 1.82) is 0 Å². The predicted octanol–water partition coefficient (Wildman–Crippen LogP) is 3.42. The van der Waals surface area contributed by atoms with Gasteiger partial charge in [-0.15, -0.1) is 0 Å². The summed E-state index contributed by atoms with van der Waals surface area (Å²) in [6, 6.07) is 18.0. The zero-order chi connectivity index (χ0) is 20.9. The summed E-state index contributed by atoms with van der Waals surface area (Å²) in [6.45, 7) is 2.55. The molecule has 0 amide bonds. The van der Waals surface area contributed by atoms with Gasteiger partial charge < -0.3 is 14.0 Å². The topological polar surface area (TPSA) is 92.3 Å². The Morgan fingerprint density at radius 3 is 2.57 bits per heavy atom. The zero-order valence-corrected chi connectivity index (χ0v) is 16.6. The number of methoxy groups -OCH3 is 1. The minimum absolute atomic E-state index is 0.0643. The number of rotatable bonds is 7. The summed E-state index contributed by atoms with van der Waals surface area (Å²) in [6.07, 6.45) is 0. The van der Waals surface area contributed by atoms with Gasteiger partial charge in [-0.25, -0.2) is 4.68 Å². The van der Waals surface area contributed by atoms with Crippen molar-refractivity contribution in [3.63, 3.8) is 0 Å². The predicted molar refractivity (Wildman–Crippen MR) is 110 cm³/mol. The molecule has 8 heteroatoms. The minimum atomic E-state index is -0.264. The Morgan fingerprint density at radius 1 is 1.00 bits per heavy atom. The molecule has 0 aliphatic heterocycles. The van der Waals surface area contributed by atoms with Crippen LogP contribution in [-0.2, 0) is 6.54 Å². The third-order valence-corrected chi connectivity index (χ3v) is 4.39. The third-order valence-electron chi connectivity index (χ3n) is 4.39. The number of hydrogen-bond acceptors (Lipinski definition) is 7. The van der Waals surface area contributed by atoms with Crippen molar-refractivity contribution in [3.8, 4) is 34.1 Å². The Balaban J connectivity index is 1.59. The standard InChI is InChI=1S/C22H20N4O4/c1-3-29-18-9-5-7-16(13-18)22-23-20(30-25-22)14-26-21(27)11-10-19(24-26)15-6-4-8-17(12-15)28-2/h4-13H,3,14H2,1-2H3. The fourth-order valence-corrected chi connectivity index (χ4v) is 2.95. The molecule has 2 aromatic carbocycles. The molecule has 0 atom stereocenters. The van der Waals surface area contributed by atoms with Gasteiger partial charge >= 0.3 is 0 Å². The molecule has 0 saturated heterocycles. The first-order chi connectivity index (χ1) is 14.7. The molecular formula is C22H20N4O4. The number of aromatic nitrogens is 4. The minimum Gasteiger partial charge on any atom is -0.497 e. The van der Waals surface area contributed by atoms with E-state index in [1.54, 1.807) is 13.2 Å². The molecule has 8 nitrogen and oxygen atoms in total. The Morgan fingerprint density at radius 2 is 1.77 bits per heavy atom. The lowest BCUT2D eigenvalue weighted by molar-refractivity contribution is 0.340. The van der Waals surface area contributed by atoms with Crippen LogP contribution in [0.25, 0.3) is 22.6 Å². The largest absolute Gasteiger partial charge is 0.497 e. The average Bonchev–Trinajstić information content (AvgIpc) is 3.24. The molecule has 0 spiro atoms. The maximum Gasteiger partial charge on any atom is 0.267 e. The van der Waals surface area contributed by atoms with Crippen LogP contribution in [0.15, 0.2) is 70.0 Å². The Kier molecular flexibility index (Phi) is 5.56. The third kappa shape index (κ3) is 4.22. The molecule has 4 aromatic rings. The van der Waals surface area contributed by atoms with E-state index in [1.807, 2.05) is 55.5 Å². The number of hydrogen-bond donors (Lipinski definition) is 0. The number of ether oxygens (including phenoxy) is 2. The number of benzene rings is 2. The monoisotopic (exact) mass is 404 g/mol. The number of nitrogens with zero attached hydrogens (tertiary/aromatic N) is 4. The fourth-order valence-electron chi connectivity index (χ4n) is 2.95. The quantitative estimate of drug-likeness (QED) is 0.466. The molecule has 0 saturated carbocycles. The lowest BCUT2D eigenvalue weighted by Crippen LogP contribution is -2.23. The van der Waals surface area contributed by atoms with Gasteiger partial charge in [-0.05, 0) is 37.3 Å². The van der Waals surface area contributed by atoms with Gasteiger partial charge in [0.25, 0.3) is 5.56 Å². The van der Waals surface area contributed by atoms with Gasteiger partial charge in [0, 0.05) is 17.2 Å². The summed E-state index contributed by atoms with van der Waals surface area (Å²) in [4.78, 5) is 16.7. The summed E-state index contributed by atoms with van der Waals surface area (Å²) in [7, 11) is 1.60.